The molecule has 0 N–H and O–H groups in total. The molecule has 4 heterocycles. The molecule has 3 aliphatic heterocycles. The number of likely N-dealkylation sites (tertiary alicyclic amines) is 1. The molecule has 4 unspecified atom stereocenters. The molecule has 184 valence electrons. The van der Waals surface area contributed by atoms with Crippen molar-refractivity contribution in [2.45, 2.75) is 12.2 Å². The molecule has 10 nitrogen and oxygen atoms in total. The van der Waals surface area contributed by atoms with Crippen molar-refractivity contribution in [3.05, 3.63) is 84.4 Å². The number of hydrogen-bond donors (Lipinski definition) is 0. The molecule has 4 aliphatic rings. The topological polar surface area (TPSA) is 108 Å². The van der Waals surface area contributed by atoms with Crippen LogP contribution in [0.5, 0.6) is 23.0 Å². The number of carbonyl (C=O) groups is 3. The molecular weight excluding hydrogens is 478 g/mol. The number of carbonyl (C=O) groups excluding carboxylic acids is 3. The second kappa shape index (κ2) is 7.82. The Bertz CT molecular complexity index is 1500. The molecule has 0 bridgehead atoms. The summed E-state index contributed by atoms with van der Waals surface area (Å²) in [6.45, 7) is 0. The van der Waals surface area contributed by atoms with Gasteiger partial charge >= 0.3 is 6.09 Å². The SMILES string of the molecule is CN1C(=O)C2C3Oc4ccccc4OC3=C3C(Oc4cccnc4N3C(=O)Oc3ccccc3)C2C1=O. The van der Waals surface area contributed by atoms with Gasteiger partial charge in [-0.25, -0.2) is 14.7 Å². The molecule has 1 aliphatic carbocycles. The highest BCUT2D eigenvalue weighted by Gasteiger charge is 2.64. The molecule has 10 heteroatoms. The van der Waals surface area contributed by atoms with Crippen LogP contribution in [0.4, 0.5) is 10.6 Å². The number of amides is 3. The Kier molecular flexibility index (Phi) is 4.53. The third kappa shape index (κ3) is 3.05. The Morgan fingerprint density at radius 1 is 0.838 bits per heavy atom. The van der Waals surface area contributed by atoms with E-state index in [0.29, 0.717) is 17.2 Å². The van der Waals surface area contributed by atoms with E-state index in [-0.39, 0.29) is 23.0 Å². The predicted octanol–water partition coefficient (Wildman–Crippen LogP) is 3.14. The average Bonchev–Trinajstić information content (AvgIpc) is 3.15. The van der Waals surface area contributed by atoms with Crippen LogP contribution >= 0.6 is 0 Å². The number of ether oxygens (including phenoxy) is 4. The van der Waals surface area contributed by atoms with Gasteiger partial charge < -0.3 is 18.9 Å². The highest BCUT2D eigenvalue weighted by Crippen LogP contribution is 2.52. The fourth-order valence-corrected chi connectivity index (χ4v) is 5.32. The van der Waals surface area contributed by atoms with E-state index in [0.717, 1.165) is 4.90 Å². The maximum absolute atomic E-state index is 13.7. The van der Waals surface area contributed by atoms with Gasteiger partial charge in [-0.1, -0.05) is 30.3 Å². The second-order valence-corrected chi connectivity index (χ2v) is 9.00. The fourth-order valence-electron chi connectivity index (χ4n) is 5.32. The lowest BCUT2D eigenvalue weighted by Gasteiger charge is -2.45. The van der Waals surface area contributed by atoms with Crippen LogP contribution in [0.25, 0.3) is 0 Å². The summed E-state index contributed by atoms with van der Waals surface area (Å²) in [4.78, 5) is 47.1. The summed E-state index contributed by atoms with van der Waals surface area (Å²) >= 11 is 0. The lowest BCUT2D eigenvalue weighted by Crippen LogP contribution is -2.57. The first kappa shape index (κ1) is 21.4. The summed E-state index contributed by atoms with van der Waals surface area (Å²) in [5, 5.41) is 0. The van der Waals surface area contributed by atoms with Crippen LogP contribution in [0.2, 0.25) is 0 Å². The Hall–Kier alpha value is -4.86. The summed E-state index contributed by atoms with van der Waals surface area (Å²) < 4.78 is 24.5. The zero-order valence-electron chi connectivity index (χ0n) is 19.4. The number of imide groups is 1. The van der Waals surface area contributed by atoms with Crippen molar-refractivity contribution in [1.82, 2.24) is 9.88 Å². The number of nitrogens with zero attached hydrogens (tertiary/aromatic N) is 3. The van der Waals surface area contributed by atoms with E-state index in [1.165, 1.54) is 18.1 Å². The Morgan fingerprint density at radius 3 is 2.27 bits per heavy atom. The van der Waals surface area contributed by atoms with E-state index >= 15 is 0 Å². The molecule has 0 radical (unpaired) electrons. The molecule has 1 fully saturated rings. The Labute approximate surface area is 210 Å². The highest BCUT2D eigenvalue weighted by atomic mass is 16.6. The summed E-state index contributed by atoms with van der Waals surface area (Å²) in [6.07, 6.45) is -1.24. The van der Waals surface area contributed by atoms with E-state index in [1.54, 1.807) is 66.7 Å². The first-order valence-corrected chi connectivity index (χ1v) is 11.7. The van der Waals surface area contributed by atoms with Crippen LogP contribution in [-0.4, -0.2) is 47.0 Å². The monoisotopic (exact) mass is 497 g/mol. The van der Waals surface area contributed by atoms with Gasteiger partial charge in [0.05, 0.1) is 11.8 Å². The minimum atomic E-state index is -1.02. The van der Waals surface area contributed by atoms with Gasteiger partial charge in [0.1, 0.15) is 11.4 Å². The van der Waals surface area contributed by atoms with Gasteiger partial charge in [-0.2, -0.15) is 0 Å². The van der Waals surface area contributed by atoms with E-state index in [9.17, 15) is 14.4 Å². The van der Waals surface area contributed by atoms with Crippen molar-refractivity contribution >= 4 is 23.7 Å². The lowest BCUT2D eigenvalue weighted by molar-refractivity contribution is -0.138. The zero-order valence-corrected chi connectivity index (χ0v) is 19.4. The molecule has 1 saturated heterocycles. The van der Waals surface area contributed by atoms with Gasteiger partial charge in [0.2, 0.25) is 11.8 Å². The number of para-hydroxylation sites is 3. The quantitative estimate of drug-likeness (QED) is 0.472. The van der Waals surface area contributed by atoms with E-state index < -0.39 is 42.0 Å². The molecule has 0 spiro atoms. The van der Waals surface area contributed by atoms with Crippen LogP contribution in [0.1, 0.15) is 0 Å². The zero-order chi connectivity index (χ0) is 25.3. The maximum atomic E-state index is 13.7. The van der Waals surface area contributed by atoms with Crippen LogP contribution in [-0.2, 0) is 9.59 Å². The fraction of sp³-hybridized carbons (Fsp3) is 0.185. The normalized spacial score (nSPS) is 25.0. The number of anilines is 1. The molecular formula is C27H19N3O7. The minimum absolute atomic E-state index is 0.173. The van der Waals surface area contributed by atoms with Crippen molar-refractivity contribution in [3.63, 3.8) is 0 Å². The van der Waals surface area contributed by atoms with Crippen LogP contribution in [0, 0.1) is 11.8 Å². The first-order valence-electron chi connectivity index (χ1n) is 11.7. The van der Waals surface area contributed by atoms with E-state index in [2.05, 4.69) is 4.98 Å². The van der Waals surface area contributed by atoms with Crippen molar-refractivity contribution in [3.8, 4) is 23.0 Å². The van der Waals surface area contributed by atoms with Crippen molar-refractivity contribution in [1.29, 1.82) is 0 Å². The minimum Gasteiger partial charge on any atom is -0.479 e. The maximum Gasteiger partial charge on any atom is 0.425 e. The summed E-state index contributed by atoms with van der Waals surface area (Å²) in [5.74, 6) is -0.886. The molecule has 3 amide bonds. The van der Waals surface area contributed by atoms with Gasteiger partial charge in [-0.05, 0) is 36.4 Å². The molecule has 7 rings (SSSR count). The van der Waals surface area contributed by atoms with Gasteiger partial charge in [-0.15, -0.1) is 0 Å². The van der Waals surface area contributed by atoms with E-state index in [4.69, 9.17) is 18.9 Å². The van der Waals surface area contributed by atoms with Crippen molar-refractivity contribution < 1.29 is 33.3 Å². The third-order valence-corrected chi connectivity index (χ3v) is 6.96. The van der Waals surface area contributed by atoms with Crippen LogP contribution < -0.4 is 23.8 Å². The van der Waals surface area contributed by atoms with E-state index in [1.807, 2.05) is 0 Å². The molecule has 3 aromatic rings. The molecule has 2 aromatic carbocycles. The van der Waals surface area contributed by atoms with Crippen molar-refractivity contribution in [2.24, 2.45) is 11.8 Å². The van der Waals surface area contributed by atoms with Crippen LogP contribution in [0.3, 0.4) is 0 Å². The summed E-state index contributed by atoms with van der Waals surface area (Å²) in [7, 11) is 1.43. The average molecular weight is 497 g/mol. The van der Waals surface area contributed by atoms with Crippen molar-refractivity contribution in [2.75, 3.05) is 11.9 Å². The third-order valence-electron chi connectivity index (χ3n) is 6.96. The smallest absolute Gasteiger partial charge is 0.425 e. The van der Waals surface area contributed by atoms with Gasteiger partial charge in [-0.3, -0.25) is 14.5 Å². The van der Waals surface area contributed by atoms with Gasteiger partial charge in [0.15, 0.2) is 41.0 Å². The number of benzene rings is 2. The number of aromatic nitrogens is 1. The lowest BCUT2D eigenvalue weighted by atomic mass is 9.77. The largest absolute Gasteiger partial charge is 0.479 e. The molecule has 37 heavy (non-hydrogen) atoms. The number of rotatable bonds is 1. The van der Waals surface area contributed by atoms with Crippen LogP contribution in [0.15, 0.2) is 84.4 Å². The predicted molar refractivity (Wildman–Crippen MR) is 127 cm³/mol. The van der Waals surface area contributed by atoms with Gasteiger partial charge in [0, 0.05) is 13.2 Å². The first-order chi connectivity index (χ1) is 18.0. The summed E-state index contributed by atoms with van der Waals surface area (Å²) in [6, 6.07) is 18.9. The Morgan fingerprint density at radius 2 is 1.49 bits per heavy atom. The highest BCUT2D eigenvalue weighted by molar-refractivity contribution is 6.07. The standard InChI is InChI=1S/C27H19N3O7/c1-29-25(31)18-19(26(29)32)22-23(36-16-11-6-5-10-15(16)35-22)20-21(18)37-17-12-7-13-28-24(17)30(20)27(33)34-14-8-3-2-4-9-14/h2-13,18-19,21-22H,1H3. The second-order valence-electron chi connectivity index (χ2n) is 9.00. The number of pyridine rings is 1. The molecule has 4 atom stereocenters. The number of fused-ring (bicyclic) bond motifs is 7. The Balaban J connectivity index is 1.45. The molecule has 1 aromatic heterocycles. The van der Waals surface area contributed by atoms with Gasteiger partial charge in [0.25, 0.3) is 0 Å². The number of hydrogen-bond acceptors (Lipinski definition) is 8. The molecule has 0 saturated carbocycles. The summed E-state index contributed by atoms with van der Waals surface area (Å²) in [5.41, 5.74) is 0.212.